The van der Waals surface area contributed by atoms with Crippen molar-refractivity contribution < 1.29 is 13.9 Å². The zero-order valence-corrected chi connectivity index (χ0v) is 11.4. The molecule has 0 spiro atoms. The minimum absolute atomic E-state index is 0.217. The van der Waals surface area contributed by atoms with Gasteiger partial charge in [-0.2, -0.15) is 0 Å². The fourth-order valence-electron chi connectivity index (χ4n) is 1.87. The Kier molecular flexibility index (Phi) is 4.31. The van der Waals surface area contributed by atoms with Crippen LogP contribution in [0.4, 0.5) is 4.39 Å². The molecule has 0 aliphatic heterocycles. The SMILES string of the molecule is COc1cc(C)ccc1C(=O)/C=C/c1ccccc1F. The third-order valence-electron chi connectivity index (χ3n) is 2.94. The summed E-state index contributed by atoms with van der Waals surface area (Å²) in [6.45, 7) is 1.92. The molecule has 2 rings (SSSR count). The van der Waals surface area contributed by atoms with Crippen LogP contribution in [-0.2, 0) is 0 Å². The number of carbonyl (C=O) groups excluding carboxylic acids is 1. The second-order valence-electron chi connectivity index (χ2n) is 4.42. The van der Waals surface area contributed by atoms with Gasteiger partial charge in [0.15, 0.2) is 5.78 Å². The Hall–Kier alpha value is -2.42. The predicted octanol–water partition coefficient (Wildman–Crippen LogP) is 4.04. The summed E-state index contributed by atoms with van der Waals surface area (Å²) in [6, 6.07) is 11.7. The van der Waals surface area contributed by atoms with Gasteiger partial charge in [-0.15, -0.1) is 0 Å². The lowest BCUT2D eigenvalue weighted by atomic mass is 10.1. The summed E-state index contributed by atoms with van der Waals surface area (Å²) in [5.41, 5.74) is 1.86. The van der Waals surface area contributed by atoms with E-state index < -0.39 is 0 Å². The number of allylic oxidation sites excluding steroid dienone is 1. The van der Waals surface area contributed by atoms with Crippen molar-refractivity contribution in [2.75, 3.05) is 7.11 Å². The highest BCUT2D eigenvalue weighted by Gasteiger charge is 2.09. The molecule has 0 amide bonds. The normalized spacial score (nSPS) is 10.8. The number of rotatable bonds is 4. The molecule has 0 aromatic heterocycles. The van der Waals surface area contributed by atoms with Crippen LogP contribution < -0.4 is 4.74 Å². The summed E-state index contributed by atoms with van der Waals surface area (Å²) in [6.07, 6.45) is 2.82. The van der Waals surface area contributed by atoms with Gasteiger partial charge in [0.05, 0.1) is 12.7 Å². The molecule has 0 aliphatic carbocycles. The number of ketones is 1. The molecule has 0 bridgehead atoms. The van der Waals surface area contributed by atoms with Crippen LogP contribution in [0.5, 0.6) is 5.75 Å². The molecule has 102 valence electrons. The Balaban J connectivity index is 2.27. The van der Waals surface area contributed by atoms with Crippen molar-refractivity contribution in [2.45, 2.75) is 6.92 Å². The third-order valence-corrected chi connectivity index (χ3v) is 2.94. The summed E-state index contributed by atoms with van der Waals surface area (Å²) in [5, 5.41) is 0. The molecule has 0 atom stereocenters. The summed E-state index contributed by atoms with van der Waals surface area (Å²) < 4.78 is 18.6. The van der Waals surface area contributed by atoms with Gasteiger partial charge in [0.25, 0.3) is 0 Å². The fraction of sp³-hybridized carbons (Fsp3) is 0.118. The van der Waals surface area contributed by atoms with Crippen molar-refractivity contribution in [3.8, 4) is 5.75 Å². The van der Waals surface area contributed by atoms with Gasteiger partial charge in [-0.25, -0.2) is 4.39 Å². The first-order valence-electron chi connectivity index (χ1n) is 6.23. The van der Waals surface area contributed by atoms with Crippen LogP contribution in [0.3, 0.4) is 0 Å². The van der Waals surface area contributed by atoms with E-state index in [1.165, 1.54) is 25.3 Å². The Bertz CT molecular complexity index is 660. The summed E-state index contributed by atoms with van der Waals surface area (Å²) in [5.74, 6) is -0.0503. The molecule has 20 heavy (non-hydrogen) atoms. The van der Waals surface area contributed by atoms with E-state index >= 15 is 0 Å². The van der Waals surface area contributed by atoms with Gasteiger partial charge in [0, 0.05) is 5.56 Å². The molecule has 0 aliphatic rings. The molecule has 0 radical (unpaired) electrons. The van der Waals surface area contributed by atoms with Gasteiger partial charge in [-0.3, -0.25) is 4.79 Å². The third kappa shape index (κ3) is 3.12. The standard InChI is InChI=1S/C17H15FO2/c1-12-7-9-14(17(11-12)20-2)16(19)10-8-13-5-3-4-6-15(13)18/h3-11H,1-2H3/b10-8+. The second kappa shape index (κ2) is 6.15. The highest BCUT2D eigenvalue weighted by molar-refractivity contribution is 6.08. The van der Waals surface area contributed by atoms with Crippen molar-refractivity contribution in [3.63, 3.8) is 0 Å². The van der Waals surface area contributed by atoms with E-state index in [-0.39, 0.29) is 11.6 Å². The Morgan fingerprint density at radius 3 is 2.65 bits per heavy atom. The Labute approximate surface area is 117 Å². The first-order chi connectivity index (χ1) is 9.61. The van der Waals surface area contributed by atoms with Crippen LogP contribution in [0.1, 0.15) is 21.5 Å². The topological polar surface area (TPSA) is 26.3 Å². The van der Waals surface area contributed by atoms with E-state index in [0.717, 1.165) is 5.56 Å². The molecular formula is C17H15FO2. The molecule has 0 saturated carbocycles. The van der Waals surface area contributed by atoms with Crippen LogP contribution in [-0.4, -0.2) is 12.9 Å². The zero-order chi connectivity index (χ0) is 14.5. The van der Waals surface area contributed by atoms with Crippen LogP contribution in [0.2, 0.25) is 0 Å². The molecule has 0 fully saturated rings. The van der Waals surface area contributed by atoms with Gasteiger partial charge in [0.2, 0.25) is 0 Å². The lowest BCUT2D eigenvalue weighted by Gasteiger charge is -2.06. The fourth-order valence-corrected chi connectivity index (χ4v) is 1.87. The van der Waals surface area contributed by atoms with Crippen molar-refractivity contribution in [2.24, 2.45) is 0 Å². The van der Waals surface area contributed by atoms with Gasteiger partial charge in [0.1, 0.15) is 11.6 Å². The van der Waals surface area contributed by atoms with Crippen molar-refractivity contribution in [1.82, 2.24) is 0 Å². The number of aryl methyl sites for hydroxylation is 1. The van der Waals surface area contributed by atoms with Crippen molar-refractivity contribution >= 4 is 11.9 Å². The van der Waals surface area contributed by atoms with E-state index in [2.05, 4.69) is 0 Å². The van der Waals surface area contributed by atoms with Crippen LogP contribution in [0, 0.1) is 12.7 Å². The maximum absolute atomic E-state index is 13.5. The molecule has 0 N–H and O–H groups in total. The summed E-state index contributed by atoms with van der Waals surface area (Å²) in [4.78, 5) is 12.1. The predicted molar refractivity (Wildman–Crippen MR) is 77.5 cm³/mol. The van der Waals surface area contributed by atoms with E-state index in [0.29, 0.717) is 16.9 Å². The molecule has 2 aromatic carbocycles. The number of hydrogen-bond acceptors (Lipinski definition) is 2. The monoisotopic (exact) mass is 270 g/mol. The van der Waals surface area contributed by atoms with Gasteiger partial charge in [-0.05, 0) is 42.8 Å². The summed E-state index contributed by atoms with van der Waals surface area (Å²) in [7, 11) is 1.52. The lowest BCUT2D eigenvalue weighted by molar-refractivity contribution is 0.104. The lowest BCUT2D eigenvalue weighted by Crippen LogP contribution is -1.99. The number of methoxy groups -OCH3 is 1. The van der Waals surface area contributed by atoms with Gasteiger partial charge in [-0.1, -0.05) is 24.3 Å². The molecule has 2 aromatic rings. The molecule has 2 nitrogen and oxygen atoms in total. The minimum Gasteiger partial charge on any atom is -0.496 e. The quantitative estimate of drug-likeness (QED) is 0.619. The molecular weight excluding hydrogens is 255 g/mol. The minimum atomic E-state index is -0.354. The van der Waals surface area contributed by atoms with E-state index in [1.54, 1.807) is 30.3 Å². The highest BCUT2D eigenvalue weighted by atomic mass is 19.1. The largest absolute Gasteiger partial charge is 0.496 e. The maximum atomic E-state index is 13.5. The Morgan fingerprint density at radius 2 is 1.95 bits per heavy atom. The average Bonchev–Trinajstić information content (AvgIpc) is 2.46. The number of hydrogen-bond donors (Lipinski definition) is 0. The first kappa shape index (κ1) is 14.0. The molecule has 3 heteroatoms. The van der Waals surface area contributed by atoms with Crippen LogP contribution >= 0.6 is 0 Å². The number of carbonyl (C=O) groups is 1. The highest BCUT2D eigenvalue weighted by Crippen LogP contribution is 2.21. The second-order valence-corrected chi connectivity index (χ2v) is 4.42. The molecule has 0 heterocycles. The summed E-state index contributed by atoms with van der Waals surface area (Å²) >= 11 is 0. The van der Waals surface area contributed by atoms with E-state index in [4.69, 9.17) is 4.74 Å². The van der Waals surface area contributed by atoms with E-state index in [9.17, 15) is 9.18 Å². The van der Waals surface area contributed by atoms with Crippen LogP contribution in [0.25, 0.3) is 6.08 Å². The number of ether oxygens (including phenoxy) is 1. The van der Waals surface area contributed by atoms with Crippen molar-refractivity contribution in [3.05, 3.63) is 71.0 Å². The average molecular weight is 270 g/mol. The number of halogens is 1. The van der Waals surface area contributed by atoms with Gasteiger partial charge >= 0.3 is 0 Å². The number of benzene rings is 2. The van der Waals surface area contributed by atoms with Gasteiger partial charge < -0.3 is 4.74 Å². The molecule has 0 unspecified atom stereocenters. The van der Waals surface area contributed by atoms with E-state index in [1.807, 2.05) is 13.0 Å². The van der Waals surface area contributed by atoms with Crippen molar-refractivity contribution in [1.29, 1.82) is 0 Å². The Morgan fingerprint density at radius 1 is 1.20 bits per heavy atom. The smallest absolute Gasteiger partial charge is 0.189 e. The molecule has 0 saturated heterocycles. The first-order valence-corrected chi connectivity index (χ1v) is 6.23. The van der Waals surface area contributed by atoms with Crippen LogP contribution in [0.15, 0.2) is 48.5 Å². The zero-order valence-electron chi connectivity index (χ0n) is 11.4. The maximum Gasteiger partial charge on any atom is 0.189 e.